The highest BCUT2D eigenvalue weighted by molar-refractivity contribution is 6.30. The van der Waals surface area contributed by atoms with Crippen LogP contribution < -0.4 is 0 Å². The quantitative estimate of drug-likeness (QED) is 0.460. The van der Waals surface area contributed by atoms with Crippen molar-refractivity contribution in [2.24, 2.45) is 0 Å². The van der Waals surface area contributed by atoms with Gasteiger partial charge in [-0.05, 0) is 30.7 Å². The van der Waals surface area contributed by atoms with Crippen LogP contribution in [0.2, 0.25) is 5.02 Å². The smallest absolute Gasteiger partial charge is 0.348 e. The number of carbonyl (C=O) groups excluding carboxylic acids is 1. The summed E-state index contributed by atoms with van der Waals surface area (Å²) in [7, 11) is 0. The van der Waals surface area contributed by atoms with Gasteiger partial charge in [0.05, 0.1) is 6.61 Å². The van der Waals surface area contributed by atoms with Crippen LogP contribution in [-0.4, -0.2) is 12.6 Å². The number of nitrogens with zero attached hydrogens (tertiary/aromatic N) is 1. The Balaban J connectivity index is 2.97. The number of carbonyl (C=O) groups is 1. The molecule has 0 spiro atoms. The maximum atomic E-state index is 11.3. The van der Waals surface area contributed by atoms with Crippen molar-refractivity contribution in [1.29, 1.82) is 5.26 Å². The van der Waals surface area contributed by atoms with Gasteiger partial charge in [-0.1, -0.05) is 23.7 Å². The van der Waals surface area contributed by atoms with E-state index in [-0.39, 0.29) is 12.2 Å². The third-order valence-electron chi connectivity index (χ3n) is 1.78. The van der Waals surface area contributed by atoms with Crippen LogP contribution in [0.3, 0.4) is 0 Å². The summed E-state index contributed by atoms with van der Waals surface area (Å²) in [6.07, 6.45) is 1.45. The normalized spacial score (nSPS) is 10.7. The zero-order valence-corrected chi connectivity index (χ0v) is 9.49. The molecule has 1 aromatic carbocycles. The van der Waals surface area contributed by atoms with Crippen molar-refractivity contribution in [2.45, 2.75) is 6.92 Å². The molecule has 0 aliphatic heterocycles. The SMILES string of the molecule is CCOC(=O)C(C#N)=Cc1cccc(Cl)c1. The number of esters is 1. The summed E-state index contributed by atoms with van der Waals surface area (Å²) < 4.78 is 4.73. The molecule has 0 aromatic heterocycles. The third kappa shape index (κ3) is 3.41. The fourth-order valence-corrected chi connectivity index (χ4v) is 1.31. The van der Waals surface area contributed by atoms with E-state index in [1.165, 1.54) is 6.08 Å². The second-order valence-corrected chi connectivity index (χ2v) is 3.38. The Hall–Kier alpha value is -1.79. The van der Waals surface area contributed by atoms with Crippen molar-refractivity contribution in [3.05, 3.63) is 40.4 Å². The lowest BCUT2D eigenvalue weighted by Gasteiger charge is -1.99. The molecule has 0 heterocycles. The van der Waals surface area contributed by atoms with E-state index >= 15 is 0 Å². The van der Waals surface area contributed by atoms with Gasteiger partial charge in [0, 0.05) is 5.02 Å². The van der Waals surface area contributed by atoms with Crippen LogP contribution >= 0.6 is 11.6 Å². The van der Waals surface area contributed by atoms with Gasteiger partial charge in [0.1, 0.15) is 11.6 Å². The van der Waals surface area contributed by atoms with Gasteiger partial charge in [0.25, 0.3) is 0 Å². The lowest BCUT2D eigenvalue weighted by molar-refractivity contribution is -0.137. The maximum Gasteiger partial charge on any atom is 0.348 e. The second-order valence-electron chi connectivity index (χ2n) is 2.95. The van der Waals surface area contributed by atoms with Crippen LogP contribution in [0, 0.1) is 11.3 Å². The first-order chi connectivity index (χ1) is 7.67. The van der Waals surface area contributed by atoms with E-state index in [4.69, 9.17) is 21.6 Å². The Morgan fingerprint density at radius 3 is 2.94 bits per heavy atom. The van der Waals surface area contributed by atoms with Gasteiger partial charge in [-0.25, -0.2) is 4.79 Å². The molecule has 0 radical (unpaired) electrons. The summed E-state index contributed by atoms with van der Waals surface area (Å²) in [5, 5.41) is 9.35. The second kappa shape index (κ2) is 5.94. The molecule has 1 aromatic rings. The Morgan fingerprint density at radius 1 is 1.62 bits per heavy atom. The summed E-state index contributed by atoms with van der Waals surface area (Å²) in [4.78, 5) is 11.3. The van der Waals surface area contributed by atoms with Gasteiger partial charge in [-0.2, -0.15) is 5.26 Å². The summed E-state index contributed by atoms with van der Waals surface area (Å²) in [5.74, 6) is -0.620. The predicted molar refractivity (Wildman–Crippen MR) is 61.7 cm³/mol. The summed E-state index contributed by atoms with van der Waals surface area (Å²) in [6.45, 7) is 1.93. The zero-order chi connectivity index (χ0) is 12.0. The lowest BCUT2D eigenvalue weighted by atomic mass is 10.1. The average Bonchev–Trinajstić information content (AvgIpc) is 2.26. The van der Waals surface area contributed by atoms with Crippen molar-refractivity contribution in [3.8, 4) is 6.07 Å². The van der Waals surface area contributed by atoms with Crippen molar-refractivity contribution >= 4 is 23.6 Å². The number of ether oxygens (including phenoxy) is 1. The molecule has 82 valence electrons. The van der Waals surface area contributed by atoms with Crippen molar-refractivity contribution in [1.82, 2.24) is 0 Å². The molecule has 0 unspecified atom stereocenters. The van der Waals surface area contributed by atoms with Crippen LogP contribution in [0.25, 0.3) is 6.08 Å². The molecular formula is C12H10ClNO2. The van der Waals surface area contributed by atoms with Crippen molar-refractivity contribution in [2.75, 3.05) is 6.61 Å². The minimum absolute atomic E-state index is 0.0379. The van der Waals surface area contributed by atoms with Crippen LogP contribution in [0.1, 0.15) is 12.5 Å². The molecule has 0 saturated carbocycles. The average molecular weight is 236 g/mol. The zero-order valence-electron chi connectivity index (χ0n) is 8.74. The standard InChI is InChI=1S/C12H10ClNO2/c1-2-16-12(15)10(8-14)6-9-4-3-5-11(13)7-9/h3-7H,2H2,1H3. The number of hydrogen-bond acceptors (Lipinski definition) is 3. The molecule has 4 heteroatoms. The van der Waals surface area contributed by atoms with Crippen LogP contribution in [0.4, 0.5) is 0 Å². The molecule has 0 aliphatic carbocycles. The molecule has 3 nitrogen and oxygen atoms in total. The summed E-state index contributed by atoms with van der Waals surface area (Å²) in [6, 6.07) is 8.68. The predicted octanol–water partition coefficient (Wildman–Crippen LogP) is 2.81. The Bertz CT molecular complexity index is 460. The topological polar surface area (TPSA) is 50.1 Å². The first-order valence-electron chi connectivity index (χ1n) is 4.72. The minimum Gasteiger partial charge on any atom is -0.462 e. The molecule has 0 N–H and O–H groups in total. The molecule has 0 atom stereocenters. The first-order valence-corrected chi connectivity index (χ1v) is 5.09. The highest BCUT2D eigenvalue weighted by atomic mass is 35.5. The number of benzene rings is 1. The Labute approximate surface area is 98.9 Å². The van der Waals surface area contributed by atoms with Gasteiger partial charge in [0.15, 0.2) is 0 Å². The van der Waals surface area contributed by atoms with Gasteiger partial charge in [-0.3, -0.25) is 0 Å². The molecule has 0 fully saturated rings. The fraction of sp³-hybridized carbons (Fsp3) is 0.167. The fourth-order valence-electron chi connectivity index (χ4n) is 1.11. The van der Waals surface area contributed by atoms with Gasteiger partial charge >= 0.3 is 5.97 Å². The van der Waals surface area contributed by atoms with Gasteiger partial charge in [0.2, 0.25) is 0 Å². The highest BCUT2D eigenvalue weighted by Gasteiger charge is 2.09. The molecule has 1 rings (SSSR count). The maximum absolute atomic E-state index is 11.3. The van der Waals surface area contributed by atoms with E-state index in [2.05, 4.69) is 0 Å². The largest absolute Gasteiger partial charge is 0.462 e. The van der Waals surface area contributed by atoms with Gasteiger partial charge in [-0.15, -0.1) is 0 Å². The Morgan fingerprint density at radius 2 is 2.38 bits per heavy atom. The lowest BCUT2D eigenvalue weighted by Crippen LogP contribution is -2.05. The monoisotopic (exact) mass is 235 g/mol. The van der Waals surface area contributed by atoms with E-state index < -0.39 is 5.97 Å². The Kier molecular flexibility index (Phi) is 4.56. The van der Waals surface area contributed by atoms with E-state index in [9.17, 15) is 4.79 Å². The van der Waals surface area contributed by atoms with Crippen LogP contribution in [-0.2, 0) is 9.53 Å². The number of nitriles is 1. The minimum atomic E-state index is -0.620. The van der Waals surface area contributed by atoms with Crippen LogP contribution in [0.15, 0.2) is 29.8 Å². The molecule has 0 saturated heterocycles. The van der Waals surface area contributed by atoms with E-state index in [1.807, 2.05) is 0 Å². The molecule has 0 bridgehead atoms. The number of halogens is 1. The highest BCUT2D eigenvalue weighted by Crippen LogP contribution is 2.14. The molecule has 0 aliphatic rings. The molecule has 0 amide bonds. The van der Waals surface area contributed by atoms with E-state index in [0.29, 0.717) is 10.6 Å². The molecular weight excluding hydrogens is 226 g/mol. The van der Waals surface area contributed by atoms with E-state index in [0.717, 1.165) is 0 Å². The van der Waals surface area contributed by atoms with Crippen LogP contribution in [0.5, 0.6) is 0 Å². The third-order valence-corrected chi connectivity index (χ3v) is 2.01. The van der Waals surface area contributed by atoms with E-state index in [1.54, 1.807) is 37.3 Å². The van der Waals surface area contributed by atoms with Crippen molar-refractivity contribution in [3.63, 3.8) is 0 Å². The first kappa shape index (κ1) is 12.3. The van der Waals surface area contributed by atoms with Gasteiger partial charge < -0.3 is 4.74 Å². The molecule has 16 heavy (non-hydrogen) atoms. The number of hydrogen-bond donors (Lipinski definition) is 0. The summed E-state index contributed by atoms with van der Waals surface area (Å²) in [5.41, 5.74) is 0.654. The number of rotatable bonds is 3. The summed E-state index contributed by atoms with van der Waals surface area (Å²) >= 11 is 5.78. The van der Waals surface area contributed by atoms with Crippen molar-refractivity contribution < 1.29 is 9.53 Å².